The fourth-order valence-corrected chi connectivity index (χ4v) is 1.95. The van der Waals surface area contributed by atoms with Crippen molar-refractivity contribution in [2.45, 2.75) is 26.8 Å². The van der Waals surface area contributed by atoms with Crippen molar-refractivity contribution in [1.29, 1.82) is 0 Å². The van der Waals surface area contributed by atoms with Crippen molar-refractivity contribution in [2.75, 3.05) is 13.1 Å². The lowest BCUT2D eigenvalue weighted by Gasteiger charge is -2.26. The summed E-state index contributed by atoms with van der Waals surface area (Å²) in [5.41, 5.74) is 0.564. The first kappa shape index (κ1) is 13.6. The first-order valence-corrected chi connectivity index (χ1v) is 5.78. The lowest BCUT2D eigenvalue weighted by Crippen LogP contribution is -2.26. The first-order chi connectivity index (χ1) is 8.01. The second kappa shape index (κ2) is 5.77. The van der Waals surface area contributed by atoms with Crippen LogP contribution in [0.25, 0.3) is 0 Å². The number of hydrogen-bond acceptors (Lipinski definition) is 2. The molecule has 1 N–H and O–H groups in total. The van der Waals surface area contributed by atoms with Gasteiger partial charge in [0, 0.05) is 6.04 Å². The van der Waals surface area contributed by atoms with E-state index in [1.807, 2.05) is 20.8 Å². The van der Waals surface area contributed by atoms with Crippen LogP contribution in [-0.2, 0) is 0 Å². The van der Waals surface area contributed by atoms with Gasteiger partial charge in [0.15, 0.2) is 0 Å². The average Bonchev–Trinajstić information content (AvgIpc) is 2.30. The summed E-state index contributed by atoms with van der Waals surface area (Å²) in [5.74, 6) is -1.91. The van der Waals surface area contributed by atoms with Gasteiger partial charge in [0.05, 0.1) is 5.56 Å². The number of aromatic carboxylic acids is 1. The van der Waals surface area contributed by atoms with Crippen molar-refractivity contribution in [3.05, 3.63) is 35.1 Å². The first-order valence-electron chi connectivity index (χ1n) is 5.78. The second-order valence-electron chi connectivity index (χ2n) is 3.94. The van der Waals surface area contributed by atoms with Gasteiger partial charge in [-0.1, -0.05) is 19.9 Å². The molecule has 1 aromatic rings. The zero-order chi connectivity index (χ0) is 13.0. The highest BCUT2D eigenvalue weighted by molar-refractivity contribution is 5.88. The summed E-state index contributed by atoms with van der Waals surface area (Å²) in [4.78, 5) is 13.0. The molecule has 0 spiro atoms. The Labute approximate surface area is 101 Å². The fraction of sp³-hybridized carbons (Fsp3) is 0.462. The summed E-state index contributed by atoms with van der Waals surface area (Å²) < 4.78 is 13.3. The van der Waals surface area contributed by atoms with Gasteiger partial charge in [0.25, 0.3) is 0 Å². The summed E-state index contributed by atoms with van der Waals surface area (Å²) in [6, 6.07) is 4.37. The molecule has 17 heavy (non-hydrogen) atoms. The zero-order valence-electron chi connectivity index (χ0n) is 10.4. The molecular weight excluding hydrogens is 221 g/mol. The number of benzene rings is 1. The molecule has 0 fully saturated rings. The molecule has 0 aliphatic rings. The van der Waals surface area contributed by atoms with Crippen molar-refractivity contribution in [1.82, 2.24) is 4.90 Å². The third kappa shape index (κ3) is 3.03. The average molecular weight is 239 g/mol. The molecular formula is C13H18FNO2. The van der Waals surface area contributed by atoms with Crippen LogP contribution in [0, 0.1) is 5.82 Å². The van der Waals surface area contributed by atoms with E-state index < -0.39 is 11.8 Å². The highest BCUT2D eigenvalue weighted by atomic mass is 19.1. The maximum Gasteiger partial charge on any atom is 0.338 e. The van der Waals surface area contributed by atoms with Gasteiger partial charge < -0.3 is 5.11 Å². The Morgan fingerprint density at radius 3 is 2.47 bits per heavy atom. The standard InChI is InChI=1S/C13H18FNO2/c1-4-15(5-2)9(3)10-6-7-12(14)11(8-10)13(16)17/h6-9H,4-5H2,1-3H3,(H,16,17). The van der Waals surface area contributed by atoms with Crippen LogP contribution >= 0.6 is 0 Å². The van der Waals surface area contributed by atoms with Gasteiger partial charge in [-0.25, -0.2) is 9.18 Å². The molecule has 1 aromatic carbocycles. The molecule has 0 saturated carbocycles. The van der Waals surface area contributed by atoms with Crippen molar-refractivity contribution in [3.8, 4) is 0 Å². The molecule has 3 nitrogen and oxygen atoms in total. The van der Waals surface area contributed by atoms with E-state index in [4.69, 9.17) is 5.11 Å². The minimum atomic E-state index is -1.23. The van der Waals surface area contributed by atoms with E-state index in [-0.39, 0.29) is 11.6 Å². The number of hydrogen-bond donors (Lipinski definition) is 1. The molecule has 4 heteroatoms. The summed E-state index contributed by atoms with van der Waals surface area (Å²) in [6.45, 7) is 7.82. The minimum absolute atomic E-state index is 0.0868. The summed E-state index contributed by atoms with van der Waals surface area (Å²) >= 11 is 0. The van der Waals surface area contributed by atoms with Gasteiger partial charge in [-0.05, 0) is 37.7 Å². The summed E-state index contributed by atoms with van der Waals surface area (Å²) in [7, 11) is 0. The molecule has 0 heterocycles. The van der Waals surface area contributed by atoms with Crippen molar-refractivity contribution in [3.63, 3.8) is 0 Å². The van der Waals surface area contributed by atoms with Gasteiger partial charge in [0.1, 0.15) is 5.82 Å². The van der Waals surface area contributed by atoms with Crippen molar-refractivity contribution < 1.29 is 14.3 Å². The largest absolute Gasteiger partial charge is 0.478 e. The number of halogens is 1. The van der Waals surface area contributed by atoms with Crippen LogP contribution < -0.4 is 0 Å². The maximum absolute atomic E-state index is 13.3. The van der Waals surface area contributed by atoms with Crippen LogP contribution in [-0.4, -0.2) is 29.1 Å². The lowest BCUT2D eigenvalue weighted by atomic mass is 10.0. The van der Waals surface area contributed by atoms with Gasteiger partial charge in [-0.3, -0.25) is 4.90 Å². The number of carboxylic acid groups (broad SMARTS) is 1. The summed E-state index contributed by atoms with van der Waals surface area (Å²) in [5, 5.41) is 8.87. The molecule has 0 bridgehead atoms. The Hall–Kier alpha value is -1.42. The van der Waals surface area contributed by atoms with Gasteiger partial charge >= 0.3 is 5.97 Å². The van der Waals surface area contributed by atoms with Crippen LogP contribution in [0.2, 0.25) is 0 Å². The Kier molecular flexibility index (Phi) is 4.63. The third-order valence-electron chi connectivity index (χ3n) is 3.06. The highest BCUT2D eigenvalue weighted by Gasteiger charge is 2.16. The van der Waals surface area contributed by atoms with Crippen LogP contribution in [0.15, 0.2) is 18.2 Å². The third-order valence-corrected chi connectivity index (χ3v) is 3.06. The molecule has 1 atom stereocenters. The lowest BCUT2D eigenvalue weighted by molar-refractivity contribution is 0.0691. The number of nitrogens with zero attached hydrogens (tertiary/aromatic N) is 1. The maximum atomic E-state index is 13.3. The van der Waals surface area contributed by atoms with E-state index in [0.29, 0.717) is 0 Å². The highest BCUT2D eigenvalue weighted by Crippen LogP contribution is 2.22. The van der Waals surface area contributed by atoms with E-state index in [9.17, 15) is 9.18 Å². The van der Waals surface area contributed by atoms with Crippen LogP contribution in [0.3, 0.4) is 0 Å². The fourth-order valence-electron chi connectivity index (χ4n) is 1.95. The van der Waals surface area contributed by atoms with Crippen molar-refractivity contribution >= 4 is 5.97 Å². The molecule has 0 saturated heterocycles. The topological polar surface area (TPSA) is 40.5 Å². The molecule has 0 radical (unpaired) electrons. The van der Waals surface area contributed by atoms with Gasteiger partial charge in [-0.15, -0.1) is 0 Å². The Morgan fingerprint density at radius 2 is 2.00 bits per heavy atom. The normalized spacial score (nSPS) is 12.8. The molecule has 1 unspecified atom stereocenters. The van der Waals surface area contributed by atoms with E-state index in [2.05, 4.69) is 4.90 Å². The quantitative estimate of drug-likeness (QED) is 0.858. The van der Waals surface area contributed by atoms with Crippen molar-refractivity contribution in [2.24, 2.45) is 0 Å². The Bertz CT molecular complexity index is 402. The second-order valence-corrected chi connectivity index (χ2v) is 3.94. The van der Waals surface area contributed by atoms with E-state index in [1.54, 1.807) is 6.07 Å². The van der Waals surface area contributed by atoms with Gasteiger partial charge in [-0.2, -0.15) is 0 Å². The van der Waals surface area contributed by atoms with Crippen LogP contribution in [0.1, 0.15) is 42.7 Å². The number of carboxylic acids is 1. The van der Waals surface area contributed by atoms with Gasteiger partial charge in [0.2, 0.25) is 0 Å². The molecule has 94 valence electrons. The molecule has 0 amide bonds. The number of carbonyl (C=O) groups is 1. The van der Waals surface area contributed by atoms with Crippen LogP contribution in [0.5, 0.6) is 0 Å². The Balaban J connectivity index is 3.06. The molecule has 0 aliphatic heterocycles. The summed E-state index contributed by atoms with van der Waals surface area (Å²) in [6.07, 6.45) is 0. The SMILES string of the molecule is CCN(CC)C(C)c1ccc(F)c(C(=O)O)c1. The number of rotatable bonds is 5. The van der Waals surface area contributed by atoms with E-state index in [1.165, 1.54) is 12.1 Å². The predicted molar refractivity (Wildman–Crippen MR) is 64.7 cm³/mol. The molecule has 0 aliphatic carbocycles. The zero-order valence-corrected chi connectivity index (χ0v) is 10.4. The smallest absolute Gasteiger partial charge is 0.338 e. The molecule has 1 rings (SSSR count). The van der Waals surface area contributed by atoms with Crippen LogP contribution in [0.4, 0.5) is 4.39 Å². The van der Waals surface area contributed by atoms with E-state index >= 15 is 0 Å². The minimum Gasteiger partial charge on any atom is -0.478 e. The Morgan fingerprint density at radius 1 is 1.41 bits per heavy atom. The monoisotopic (exact) mass is 239 g/mol. The van der Waals surface area contributed by atoms with E-state index in [0.717, 1.165) is 18.7 Å². The predicted octanol–water partition coefficient (Wildman–Crippen LogP) is 2.93. The molecule has 0 aromatic heterocycles.